The number of carbonyl (C=O) groups is 1. The highest BCUT2D eigenvalue weighted by Gasteiger charge is 2.11. The minimum atomic E-state index is -0.174. The maximum Gasteiger partial charge on any atom is 0.257 e. The van der Waals surface area contributed by atoms with Gasteiger partial charge in [-0.15, -0.1) is 0 Å². The number of anilines is 2. The molecule has 2 heterocycles. The van der Waals surface area contributed by atoms with Crippen molar-refractivity contribution < 1.29 is 4.79 Å². The van der Waals surface area contributed by atoms with Crippen molar-refractivity contribution >= 4 is 17.4 Å². The zero-order chi connectivity index (χ0) is 15.2. The van der Waals surface area contributed by atoms with Gasteiger partial charge in [-0.1, -0.05) is 13.8 Å². The summed E-state index contributed by atoms with van der Waals surface area (Å²) >= 11 is 0. The molecule has 2 aromatic rings. The Morgan fingerprint density at radius 3 is 2.76 bits per heavy atom. The van der Waals surface area contributed by atoms with Crippen LogP contribution in [0.5, 0.6) is 0 Å². The summed E-state index contributed by atoms with van der Waals surface area (Å²) in [6.45, 7) is 4.97. The number of hydrogen-bond acceptors (Lipinski definition) is 4. The molecular weight excluding hydrogens is 266 g/mol. The van der Waals surface area contributed by atoms with Gasteiger partial charge in [0.05, 0.1) is 16.9 Å². The second-order valence-corrected chi connectivity index (χ2v) is 4.83. The molecule has 2 aromatic heterocycles. The second kappa shape index (κ2) is 6.88. The topological polar surface area (TPSA) is 71.8 Å². The Balaban J connectivity index is 2.06. The number of carbonyl (C=O) groups excluding carboxylic acids is 1. The normalized spacial score (nSPS) is 10.4. The highest BCUT2D eigenvalue weighted by molar-refractivity contribution is 6.04. The fourth-order valence-corrected chi connectivity index (χ4v) is 1.98. The predicted molar refractivity (Wildman–Crippen MR) is 83.6 cm³/mol. The molecule has 0 fully saturated rings. The van der Waals surface area contributed by atoms with E-state index in [1.54, 1.807) is 23.1 Å². The molecular formula is C15H21N5O. The van der Waals surface area contributed by atoms with Crippen LogP contribution in [0.1, 0.15) is 36.3 Å². The SMILES string of the molecule is CCCNc1ccc(C(=O)Nc2cn(C)nc2CC)cn1. The minimum absolute atomic E-state index is 0.174. The fraction of sp³-hybridized carbons (Fsp3) is 0.400. The maximum absolute atomic E-state index is 12.2. The average Bonchev–Trinajstić information content (AvgIpc) is 2.85. The molecule has 2 N–H and O–H groups in total. The summed E-state index contributed by atoms with van der Waals surface area (Å²) in [4.78, 5) is 16.4. The van der Waals surface area contributed by atoms with Crippen LogP contribution < -0.4 is 10.6 Å². The molecule has 0 aliphatic carbocycles. The number of aromatic nitrogens is 3. The Labute approximate surface area is 124 Å². The summed E-state index contributed by atoms with van der Waals surface area (Å²) in [6.07, 6.45) is 5.19. The fourth-order valence-electron chi connectivity index (χ4n) is 1.98. The Bertz CT molecular complexity index is 603. The van der Waals surface area contributed by atoms with Gasteiger partial charge in [-0.3, -0.25) is 9.48 Å². The van der Waals surface area contributed by atoms with Gasteiger partial charge < -0.3 is 10.6 Å². The van der Waals surface area contributed by atoms with E-state index < -0.39 is 0 Å². The molecule has 0 saturated carbocycles. The van der Waals surface area contributed by atoms with Crippen molar-refractivity contribution in [2.75, 3.05) is 17.2 Å². The quantitative estimate of drug-likeness (QED) is 0.856. The zero-order valence-electron chi connectivity index (χ0n) is 12.7. The van der Waals surface area contributed by atoms with Crippen LogP contribution in [0.25, 0.3) is 0 Å². The van der Waals surface area contributed by atoms with Gasteiger partial charge in [-0.2, -0.15) is 5.10 Å². The number of amides is 1. The van der Waals surface area contributed by atoms with Crippen LogP contribution in [0.15, 0.2) is 24.5 Å². The van der Waals surface area contributed by atoms with Crippen LogP contribution >= 0.6 is 0 Å². The minimum Gasteiger partial charge on any atom is -0.370 e. The van der Waals surface area contributed by atoms with E-state index in [0.717, 1.165) is 36.6 Å². The molecule has 6 heteroatoms. The van der Waals surface area contributed by atoms with Crippen LogP contribution in [0.2, 0.25) is 0 Å². The molecule has 2 rings (SSSR count). The summed E-state index contributed by atoms with van der Waals surface area (Å²) in [5, 5.41) is 10.4. The van der Waals surface area contributed by atoms with Crippen LogP contribution in [0, 0.1) is 0 Å². The van der Waals surface area contributed by atoms with Gasteiger partial charge in [0.25, 0.3) is 5.91 Å². The standard InChI is InChI=1S/C15H21N5O/c1-4-8-16-14-7-6-11(9-17-14)15(21)18-13-10-20(3)19-12(13)5-2/h6-7,9-10H,4-5,8H2,1-3H3,(H,16,17)(H,18,21). The van der Waals surface area contributed by atoms with E-state index >= 15 is 0 Å². The molecule has 0 unspecified atom stereocenters. The van der Waals surface area contributed by atoms with Gasteiger partial charge in [-0.05, 0) is 25.0 Å². The largest absolute Gasteiger partial charge is 0.370 e. The first-order valence-electron chi connectivity index (χ1n) is 7.17. The Morgan fingerprint density at radius 2 is 2.14 bits per heavy atom. The van der Waals surface area contributed by atoms with Gasteiger partial charge in [-0.25, -0.2) is 4.98 Å². The molecule has 0 bridgehead atoms. The highest BCUT2D eigenvalue weighted by atomic mass is 16.1. The van der Waals surface area contributed by atoms with E-state index in [-0.39, 0.29) is 5.91 Å². The van der Waals surface area contributed by atoms with Crippen LogP contribution in [-0.4, -0.2) is 27.2 Å². The van der Waals surface area contributed by atoms with Gasteiger partial charge in [0, 0.05) is 26.0 Å². The van der Waals surface area contributed by atoms with Crippen molar-refractivity contribution in [3.63, 3.8) is 0 Å². The lowest BCUT2D eigenvalue weighted by atomic mass is 10.2. The molecule has 0 spiro atoms. The molecule has 0 aromatic carbocycles. The third-order valence-electron chi connectivity index (χ3n) is 3.07. The van der Waals surface area contributed by atoms with Gasteiger partial charge >= 0.3 is 0 Å². The number of pyridine rings is 1. The molecule has 112 valence electrons. The van der Waals surface area contributed by atoms with Crippen molar-refractivity contribution in [1.82, 2.24) is 14.8 Å². The lowest BCUT2D eigenvalue weighted by Crippen LogP contribution is -2.13. The predicted octanol–water partition coefficient (Wildman–Crippen LogP) is 2.45. The highest BCUT2D eigenvalue weighted by Crippen LogP contribution is 2.15. The van der Waals surface area contributed by atoms with Crippen molar-refractivity contribution in [2.24, 2.45) is 7.05 Å². The van der Waals surface area contributed by atoms with Crippen LogP contribution in [0.3, 0.4) is 0 Å². The number of aryl methyl sites for hydroxylation is 2. The van der Waals surface area contributed by atoms with Crippen molar-refractivity contribution in [1.29, 1.82) is 0 Å². The number of nitrogens with zero attached hydrogens (tertiary/aromatic N) is 3. The molecule has 0 aliphatic heterocycles. The van der Waals surface area contributed by atoms with Gasteiger partial charge in [0.15, 0.2) is 0 Å². The smallest absolute Gasteiger partial charge is 0.257 e. The average molecular weight is 287 g/mol. The van der Waals surface area contributed by atoms with E-state index in [9.17, 15) is 4.79 Å². The molecule has 0 atom stereocenters. The molecule has 0 saturated heterocycles. The molecule has 1 amide bonds. The molecule has 0 aliphatic rings. The Hall–Kier alpha value is -2.37. The molecule has 0 radical (unpaired) electrons. The third kappa shape index (κ3) is 3.81. The second-order valence-electron chi connectivity index (χ2n) is 4.83. The van der Waals surface area contributed by atoms with E-state index in [1.165, 1.54) is 0 Å². The number of hydrogen-bond donors (Lipinski definition) is 2. The van der Waals surface area contributed by atoms with E-state index in [0.29, 0.717) is 5.56 Å². The number of nitrogens with one attached hydrogen (secondary N) is 2. The third-order valence-corrected chi connectivity index (χ3v) is 3.07. The van der Waals surface area contributed by atoms with E-state index in [4.69, 9.17) is 0 Å². The van der Waals surface area contributed by atoms with E-state index in [2.05, 4.69) is 27.6 Å². The first kappa shape index (κ1) is 15.0. The van der Waals surface area contributed by atoms with Gasteiger partial charge in [0.1, 0.15) is 5.82 Å². The Kier molecular flexibility index (Phi) is 4.92. The summed E-state index contributed by atoms with van der Waals surface area (Å²) in [5.41, 5.74) is 2.15. The van der Waals surface area contributed by atoms with Crippen molar-refractivity contribution in [3.05, 3.63) is 35.8 Å². The maximum atomic E-state index is 12.2. The zero-order valence-corrected chi connectivity index (χ0v) is 12.7. The molecule has 6 nitrogen and oxygen atoms in total. The van der Waals surface area contributed by atoms with Crippen molar-refractivity contribution in [3.8, 4) is 0 Å². The van der Waals surface area contributed by atoms with E-state index in [1.807, 2.05) is 20.0 Å². The lowest BCUT2D eigenvalue weighted by Gasteiger charge is -2.06. The van der Waals surface area contributed by atoms with Gasteiger partial charge in [0.2, 0.25) is 0 Å². The molecule has 21 heavy (non-hydrogen) atoms. The van der Waals surface area contributed by atoms with Crippen LogP contribution in [-0.2, 0) is 13.5 Å². The first-order chi connectivity index (χ1) is 10.1. The summed E-state index contributed by atoms with van der Waals surface area (Å²) in [6, 6.07) is 3.58. The monoisotopic (exact) mass is 287 g/mol. The summed E-state index contributed by atoms with van der Waals surface area (Å²) in [5.74, 6) is 0.608. The number of rotatable bonds is 6. The first-order valence-corrected chi connectivity index (χ1v) is 7.17. The summed E-state index contributed by atoms with van der Waals surface area (Å²) in [7, 11) is 1.84. The summed E-state index contributed by atoms with van der Waals surface area (Å²) < 4.78 is 1.70. The van der Waals surface area contributed by atoms with Crippen molar-refractivity contribution in [2.45, 2.75) is 26.7 Å². The Morgan fingerprint density at radius 1 is 1.33 bits per heavy atom. The lowest BCUT2D eigenvalue weighted by molar-refractivity contribution is 0.102. The van der Waals surface area contributed by atoms with Crippen LogP contribution in [0.4, 0.5) is 11.5 Å².